The summed E-state index contributed by atoms with van der Waals surface area (Å²) in [5.41, 5.74) is 0. The van der Waals surface area contributed by atoms with Crippen molar-refractivity contribution in [1.82, 2.24) is 0 Å². The quantitative estimate of drug-likeness (QED) is 0.196. The Balaban J connectivity index is 3.11. The lowest BCUT2D eigenvalue weighted by Crippen LogP contribution is -1.99. The van der Waals surface area contributed by atoms with Crippen LogP contribution in [0.3, 0.4) is 0 Å². The van der Waals surface area contributed by atoms with Crippen LogP contribution in [0, 0.1) is 11.8 Å². The van der Waals surface area contributed by atoms with Crippen molar-refractivity contribution in [2.45, 2.75) is 84.0 Å². The maximum atomic E-state index is 10.9. The first-order valence-electron chi connectivity index (χ1n) is 8.42. The van der Waals surface area contributed by atoms with E-state index in [1.54, 1.807) is 0 Å². The predicted octanol–water partition coefficient (Wildman–Crippen LogP) is 5.42. The van der Waals surface area contributed by atoms with Gasteiger partial charge in [0.1, 0.15) is 0 Å². The minimum Gasteiger partial charge on any atom is -0.469 e. The summed E-state index contributed by atoms with van der Waals surface area (Å²) in [6.07, 6.45) is 18.4. The Morgan fingerprint density at radius 3 is 2.10 bits per heavy atom. The maximum absolute atomic E-state index is 10.9. The number of hydrogen-bond acceptors (Lipinski definition) is 2. The Morgan fingerprint density at radius 2 is 1.48 bits per heavy atom. The van der Waals surface area contributed by atoms with Crippen LogP contribution in [-0.4, -0.2) is 13.1 Å². The van der Waals surface area contributed by atoms with Crippen LogP contribution in [-0.2, 0) is 9.53 Å². The van der Waals surface area contributed by atoms with E-state index in [1.807, 2.05) is 6.92 Å². The molecule has 0 aromatic carbocycles. The Bertz CT molecular complexity index is 320. The molecule has 0 saturated heterocycles. The van der Waals surface area contributed by atoms with Gasteiger partial charge in [-0.25, -0.2) is 0 Å². The molecule has 0 heterocycles. The highest BCUT2D eigenvalue weighted by Gasteiger charge is 1.98. The second-order valence-electron chi connectivity index (χ2n) is 5.38. The van der Waals surface area contributed by atoms with Gasteiger partial charge in [-0.1, -0.05) is 50.7 Å². The lowest BCUT2D eigenvalue weighted by atomic mass is 10.1. The molecule has 0 radical (unpaired) electrons. The fraction of sp³-hybridized carbons (Fsp3) is 0.737. The van der Waals surface area contributed by atoms with Crippen LogP contribution in [0.25, 0.3) is 0 Å². The minimum absolute atomic E-state index is 0.0789. The first-order valence-corrected chi connectivity index (χ1v) is 8.42. The van der Waals surface area contributed by atoms with Crippen molar-refractivity contribution in [3.05, 3.63) is 12.2 Å². The molecule has 2 nitrogen and oxygen atoms in total. The minimum atomic E-state index is -0.0789. The topological polar surface area (TPSA) is 26.3 Å². The molecule has 0 spiro atoms. The third-order valence-corrected chi connectivity index (χ3v) is 3.51. The van der Waals surface area contributed by atoms with Gasteiger partial charge in [-0.05, 0) is 32.6 Å². The van der Waals surface area contributed by atoms with E-state index in [0.29, 0.717) is 6.42 Å². The summed E-state index contributed by atoms with van der Waals surface area (Å²) in [6, 6.07) is 0. The van der Waals surface area contributed by atoms with Gasteiger partial charge < -0.3 is 4.74 Å². The van der Waals surface area contributed by atoms with Gasteiger partial charge in [0.15, 0.2) is 0 Å². The molecule has 0 rings (SSSR count). The number of unbranched alkanes of at least 4 members (excludes halogenated alkanes) is 9. The number of carbonyl (C=O) groups excluding carboxylic acids is 1. The molecule has 0 aromatic rings. The van der Waals surface area contributed by atoms with Gasteiger partial charge in [0, 0.05) is 12.8 Å². The normalized spacial score (nSPS) is 10.4. The number of carbonyl (C=O) groups is 1. The molecule has 0 saturated carbocycles. The molecule has 0 amide bonds. The molecule has 0 aliphatic heterocycles. The van der Waals surface area contributed by atoms with Crippen LogP contribution in [0.2, 0.25) is 0 Å². The summed E-state index contributed by atoms with van der Waals surface area (Å²) in [4.78, 5) is 10.9. The van der Waals surface area contributed by atoms with Crippen molar-refractivity contribution in [2.24, 2.45) is 0 Å². The van der Waals surface area contributed by atoms with Crippen LogP contribution in [0.1, 0.15) is 84.0 Å². The molecule has 0 N–H and O–H groups in total. The molecule has 21 heavy (non-hydrogen) atoms. The number of esters is 1. The summed E-state index contributed by atoms with van der Waals surface area (Å²) in [6.45, 7) is 1.89. The monoisotopic (exact) mass is 292 g/mol. The zero-order valence-corrected chi connectivity index (χ0v) is 14.0. The molecule has 0 aliphatic carbocycles. The molecule has 0 aromatic heterocycles. The largest absolute Gasteiger partial charge is 0.469 e. The van der Waals surface area contributed by atoms with Gasteiger partial charge in [-0.3, -0.25) is 4.79 Å². The lowest BCUT2D eigenvalue weighted by Gasteiger charge is -2.01. The van der Waals surface area contributed by atoms with Crippen molar-refractivity contribution in [3.8, 4) is 11.8 Å². The number of allylic oxidation sites excluding steroid dienone is 2. The van der Waals surface area contributed by atoms with Gasteiger partial charge in [0.25, 0.3) is 0 Å². The SMILES string of the molecule is CC#CCC/C=C\CCCCCCCCCCC(=O)OC. The molecule has 0 aliphatic rings. The van der Waals surface area contributed by atoms with Crippen molar-refractivity contribution < 1.29 is 9.53 Å². The van der Waals surface area contributed by atoms with Crippen LogP contribution >= 0.6 is 0 Å². The van der Waals surface area contributed by atoms with E-state index >= 15 is 0 Å². The van der Waals surface area contributed by atoms with Crippen LogP contribution in [0.5, 0.6) is 0 Å². The van der Waals surface area contributed by atoms with E-state index in [0.717, 1.165) is 25.7 Å². The molecular formula is C19H32O2. The van der Waals surface area contributed by atoms with E-state index in [4.69, 9.17) is 0 Å². The second-order valence-corrected chi connectivity index (χ2v) is 5.38. The molecular weight excluding hydrogens is 260 g/mol. The van der Waals surface area contributed by atoms with E-state index in [2.05, 4.69) is 28.7 Å². The third kappa shape index (κ3) is 16.7. The summed E-state index contributed by atoms with van der Waals surface area (Å²) in [5, 5.41) is 0. The van der Waals surface area contributed by atoms with E-state index in [1.165, 1.54) is 52.1 Å². The fourth-order valence-corrected chi connectivity index (χ4v) is 2.21. The summed E-state index contributed by atoms with van der Waals surface area (Å²) in [5.74, 6) is 5.90. The first kappa shape index (κ1) is 19.8. The van der Waals surface area contributed by atoms with Gasteiger partial charge in [-0.15, -0.1) is 11.8 Å². The average molecular weight is 292 g/mol. The van der Waals surface area contributed by atoms with Crippen molar-refractivity contribution in [2.75, 3.05) is 7.11 Å². The highest BCUT2D eigenvalue weighted by atomic mass is 16.5. The first-order chi connectivity index (χ1) is 10.3. The second kappa shape index (κ2) is 16.8. The Labute approximate surface area is 131 Å². The Morgan fingerprint density at radius 1 is 0.905 bits per heavy atom. The summed E-state index contributed by atoms with van der Waals surface area (Å²) < 4.78 is 4.62. The van der Waals surface area contributed by atoms with Crippen molar-refractivity contribution in [1.29, 1.82) is 0 Å². The van der Waals surface area contributed by atoms with E-state index in [9.17, 15) is 4.79 Å². The molecule has 120 valence electrons. The molecule has 0 fully saturated rings. The lowest BCUT2D eigenvalue weighted by molar-refractivity contribution is -0.140. The zero-order chi connectivity index (χ0) is 15.6. The van der Waals surface area contributed by atoms with Gasteiger partial charge in [0.2, 0.25) is 0 Å². The average Bonchev–Trinajstić information content (AvgIpc) is 2.50. The zero-order valence-electron chi connectivity index (χ0n) is 14.0. The summed E-state index contributed by atoms with van der Waals surface area (Å²) >= 11 is 0. The molecule has 0 bridgehead atoms. The van der Waals surface area contributed by atoms with Crippen LogP contribution < -0.4 is 0 Å². The fourth-order valence-electron chi connectivity index (χ4n) is 2.21. The number of hydrogen-bond donors (Lipinski definition) is 0. The Kier molecular flexibility index (Phi) is 15.8. The molecule has 0 atom stereocenters. The van der Waals surface area contributed by atoms with Crippen molar-refractivity contribution >= 4 is 5.97 Å². The highest BCUT2D eigenvalue weighted by molar-refractivity contribution is 5.68. The van der Waals surface area contributed by atoms with Crippen LogP contribution in [0.4, 0.5) is 0 Å². The Hall–Kier alpha value is -1.23. The van der Waals surface area contributed by atoms with Gasteiger partial charge in [-0.2, -0.15) is 0 Å². The van der Waals surface area contributed by atoms with Crippen molar-refractivity contribution in [3.63, 3.8) is 0 Å². The standard InChI is InChI=1S/C19H32O2/c1-3-4-5-6-7-8-9-10-11-12-13-14-15-16-17-18-19(20)21-2/h7-8H,5-6,9-18H2,1-2H3/b8-7-. The highest BCUT2D eigenvalue weighted by Crippen LogP contribution is 2.11. The van der Waals surface area contributed by atoms with E-state index < -0.39 is 0 Å². The van der Waals surface area contributed by atoms with E-state index in [-0.39, 0.29) is 5.97 Å². The van der Waals surface area contributed by atoms with Gasteiger partial charge >= 0.3 is 5.97 Å². The van der Waals surface area contributed by atoms with Crippen LogP contribution in [0.15, 0.2) is 12.2 Å². The maximum Gasteiger partial charge on any atom is 0.305 e. The third-order valence-electron chi connectivity index (χ3n) is 3.51. The summed E-state index contributed by atoms with van der Waals surface area (Å²) in [7, 11) is 1.46. The number of ether oxygens (including phenoxy) is 1. The number of methoxy groups -OCH3 is 1. The molecule has 0 unspecified atom stereocenters. The predicted molar refractivity (Wildman–Crippen MR) is 90.0 cm³/mol. The number of rotatable bonds is 13. The van der Waals surface area contributed by atoms with Gasteiger partial charge in [0.05, 0.1) is 7.11 Å². The smallest absolute Gasteiger partial charge is 0.305 e. The molecule has 2 heteroatoms.